The third-order valence-electron chi connectivity index (χ3n) is 3.86. The molecule has 1 aliphatic carbocycles. The summed E-state index contributed by atoms with van der Waals surface area (Å²) in [6, 6.07) is 9.03. The minimum Gasteiger partial charge on any atom is -0.406 e. The van der Waals surface area contributed by atoms with Gasteiger partial charge in [0.1, 0.15) is 5.75 Å². The van der Waals surface area contributed by atoms with Crippen molar-refractivity contribution in [2.75, 3.05) is 0 Å². The van der Waals surface area contributed by atoms with Crippen LogP contribution >= 0.6 is 34.8 Å². The van der Waals surface area contributed by atoms with Crippen LogP contribution in [0.15, 0.2) is 48.6 Å². The average Bonchev–Trinajstić information content (AvgIpc) is 2.53. The SMILES string of the molecule is FC(F)(F)Oc1ccc(C2=CC(c3c(Cl)cc(Cl)cc3Cl)=CCC2)cc1. The summed E-state index contributed by atoms with van der Waals surface area (Å²) in [5, 5.41) is 1.34. The molecular formula is C19H12Cl3F3O. The number of hydrogen-bond donors (Lipinski definition) is 0. The van der Waals surface area contributed by atoms with Crippen molar-refractivity contribution in [2.24, 2.45) is 0 Å². The Kier molecular flexibility index (Phi) is 5.56. The highest BCUT2D eigenvalue weighted by Crippen LogP contribution is 2.39. The van der Waals surface area contributed by atoms with Crippen LogP contribution < -0.4 is 4.74 Å². The first-order valence-corrected chi connectivity index (χ1v) is 8.78. The molecule has 136 valence electrons. The van der Waals surface area contributed by atoms with Crippen LogP contribution in [0.25, 0.3) is 11.1 Å². The molecule has 0 unspecified atom stereocenters. The Bertz CT molecular complexity index is 861. The zero-order valence-electron chi connectivity index (χ0n) is 13.2. The first kappa shape index (κ1) is 19.2. The molecule has 3 rings (SSSR count). The quantitative estimate of drug-likeness (QED) is 0.493. The summed E-state index contributed by atoms with van der Waals surface area (Å²) in [6.45, 7) is 0. The smallest absolute Gasteiger partial charge is 0.406 e. The van der Waals surface area contributed by atoms with E-state index in [4.69, 9.17) is 34.8 Å². The number of ether oxygens (including phenoxy) is 1. The van der Waals surface area contributed by atoms with E-state index in [2.05, 4.69) is 4.74 Å². The third kappa shape index (κ3) is 4.56. The van der Waals surface area contributed by atoms with Crippen molar-refractivity contribution in [1.29, 1.82) is 0 Å². The van der Waals surface area contributed by atoms with Gasteiger partial charge in [-0.1, -0.05) is 59.1 Å². The van der Waals surface area contributed by atoms with Crippen LogP contribution in [0.2, 0.25) is 15.1 Å². The number of allylic oxidation sites excluding steroid dienone is 4. The second-order valence-corrected chi connectivity index (χ2v) is 6.94. The molecule has 0 N–H and O–H groups in total. The Hall–Kier alpha value is -1.62. The lowest BCUT2D eigenvalue weighted by Crippen LogP contribution is -2.17. The van der Waals surface area contributed by atoms with Crippen molar-refractivity contribution >= 4 is 45.9 Å². The van der Waals surface area contributed by atoms with Gasteiger partial charge in [0.2, 0.25) is 0 Å². The molecule has 1 nitrogen and oxygen atoms in total. The molecule has 26 heavy (non-hydrogen) atoms. The lowest BCUT2D eigenvalue weighted by Gasteiger charge is -2.17. The normalized spacial score (nSPS) is 14.7. The first-order chi connectivity index (χ1) is 12.2. The number of rotatable bonds is 3. The van der Waals surface area contributed by atoms with Crippen molar-refractivity contribution < 1.29 is 17.9 Å². The highest BCUT2D eigenvalue weighted by molar-refractivity contribution is 6.40. The van der Waals surface area contributed by atoms with Crippen LogP contribution in [0.5, 0.6) is 5.75 Å². The Morgan fingerprint density at radius 2 is 1.54 bits per heavy atom. The molecule has 0 aromatic heterocycles. The Balaban J connectivity index is 1.90. The molecule has 0 amide bonds. The van der Waals surface area contributed by atoms with E-state index in [-0.39, 0.29) is 5.75 Å². The van der Waals surface area contributed by atoms with Gasteiger partial charge in [-0.3, -0.25) is 0 Å². The molecule has 0 saturated heterocycles. The predicted molar refractivity (Wildman–Crippen MR) is 99.8 cm³/mol. The molecule has 0 bridgehead atoms. The van der Waals surface area contributed by atoms with E-state index in [0.29, 0.717) is 20.6 Å². The van der Waals surface area contributed by atoms with E-state index in [1.807, 2.05) is 12.2 Å². The molecule has 0 atom stereocenters. The zero-order valence-corrected chi connectivity index (χ0v) is 15.5. The standard InChI is InChI=1S/C19H12Cl3F3O/c20-14-9-16(21)18(17(22)10-14)13-3-1-2-12(8-13)11-4-6-15(7-5-11)26-19(23,24)25/h3-10H,1-2H2. The minimum absolute atomic E-state index is 0.253. The van der Waals surface area contributed by atoms with E-state index in [1.165, 1.54) is 12.1 Å². The minimum atomic E-state index is -4.70. The molecule has 0 aliphatic heterocycles. The number of benzene rings is 2. The van der Waals surface area contributed by atoms with Gasteiger partial charge in [0.15, 0.2) is 0 Å². The van der Waals surface area contributed by atoms with E-state index in [9.17, 15) is 13.2 Å². The first-order valence-electron chi connectivity index (χ1n) is 7.65. The largest absolute Gasteiger partial charge is 0.573 e. The van der Waals surface area contributed by atoms with Crippen LogP contribution in [-0.2, 0) is 0 Å². The number of hydrogen-bond acceptors (Lipinski definition) is 1. The summed E-state index contributed by atoms with van der Waals surface area (Å²) < 4.78 is 40.7. The van der Waals surface area contributed by atoms with Gasteiger partial charge in [0.25, 0.3) is 0 Å². The molecule has 0 heterocycles. The zero-order chi connectivity index (χ0) is 18.9. The summed E-state index contributed by atoms with van der Waals surface area (Å²) in [4.78, 5) is 0. The number of halogens is 6. The maximum Gasteiger partial charge on any atom is 0.573 e. The fraction of sp³-hybridized carbons (Fsp3) is 0.158. The second-order valence-electron chi connectivity index (χ2n) is 5.68. The Morgan fingerprint density at radius 1 is 0.923 bits per heavy atom. The highest BCUT2D eigenvalue weighted by Gasteiger charge is 2.31. The number of alkyl halides is 3. The summed E-state index contributed by atoms with van der Waals surface area (Å²) in [6.07, 6.45) is 0.766. The maximum absolute atomic E-state index is 12.3. The van der Waals surface area contributed by atoms with Gasteiger partial charge in [-0.25, -0.2) is 0 Å². The molecule has 0 spiro atoms. The lowest BCUT2D eigenvalue weighted by molar-refractivity contribution is -0.274. The van der Waals surface area contributed by atoms with Gasteiger partial charge in [-0.05, 0) is 53.8 Å². The van der Waals surface area contributed by atoms with Crippen molar-refractivity contribution in [3.05, 3.63) is 74.7 Å². The molecule has 0 radical (unpaired) electrons. The van der Waals surface area contributed by atoms with Crippen LogP contribution in [0.3, 0.4) is 0 Å². The molecule has 1 aliphatic rings. The van der Waals surface area contributed by atoms with Crippen molar-refractivity contribution in [3.8, 4) is 5.75 Å². The van der Waals surface area contributed by atoms with E-state index < -0.39 is 6.36 Å². The van der Waals surface area contributed by atoms with Crippen LogP contribution in [-0.4, -0.2) is 6.36 Å². The summed E-state index contributed by atoms with van der Waals surface area (Å²) in [7, 11) is 0. The van der Waals surface area contributed by atoms with E-state index >= 15 is 0 Å². The monoisotopic (exact) mass is 418 g/mol. The van der Waals surface area contributed by atoms with Gasteiger partial charge < -0.3 is 4.74 Å². The molecule has 7 heteroatoms. The summed E-state index contributed by atoms with van der Waals surface area (Å²) >= 11 is 18.5. The van der Waals surface area contributed by atoms with Gasteiger partial charge in [0.05, 0.1) is 10.0 Å². The molecule has 0 saturated carbocycles. The fourth-order valence-electron chi connectivity index (χ4n) is 2.79. The molecule has 0 fully saturated rings. The van der Waals surface area contributed by atoms with Crippen LogP contribution in [0.4, 0.5) is 13.2 Å². The van der Waals surface area contributed by atoms with Gasteiger partial charge in [-0.15, -0.1) is 13.2 Å². The van der Waals surface area contributed by atoms with Crippen LogP contribution in [0, 0.1) is 0 Å². The van der Waals surface area contributed by atoms with Gasteiger partial charge in [-0.2, -0.15) is 0 Å². The van der Waals surface area contributed by atoms with Crippen LogP contribution in [0.1, 0.15) is 24.0 Å². The highest BCUT2D eigenvalue weighted by atomic mass is 35.5. The Labute approximate surface area is 163 Å². The molecule has 2 aromatic rings. The average molecular weight is 420 g/mol. The predicted octanol–water partition coefficient (Wildman–Crippen LogP) is 7.81. The second kappa shape index (κ2) is 7.55. The third-order valence-corrected chi connectivity index (χ3v) is 4.68. The molecular weight excluding hydrogens is 408 g/mol. The molecule has 2 aromatic carbocycles. The van der Waals surface area contributed by atoms with Gasteiger partial charge in [0, 0.05) is 10.6 Å². The maximum atomic E-state index is 12.3. The van der Waals surface area contributed by atoms with Crippen molar-refractivity contribution in [3.63, 3.8) is 0 Å². The fourth-order valence-corrected chi connectivity index (χ4v) is 3.83. The lowest BCUT2D eigenvalue weighted by atomic mass is 9.90. The Morgan fingerprint density at radius 3 is 2.12 bits per heavy atom. The summed E-state index contributed by atoms with van der Waals surface area (Å²) in [5.74, 6) is -0.253. The van der Waals surface area contributed by atoms with Gasteiger partial charge >= 0.3 is 6.36 Å². The van der Waals surface area contributed by atoms with E-state index in [1.54, 1.807) is 24.3 Å². The van der Waals surface area contributed by atoms with Crippen molar-refractivity contribution in [2.45, 2.75) is 19.2 Å². The summed E-state index contributed by atoms with van der Waals surface area (Å²) in [5.41, 5.74) is 3.33. The topological polar surface area (TPSA) is 9.23 Å². The van der Waals surface area contributed by atoms with E-state index in [0.717, 1.165) is 29.6 Å². The van der Waals surface area contributed by atoms with Crippen molar-refractivity contribution in [1.82, 2.24) is 0 Å².